The number of rotatable bonds is 4. The van der Waals surface area contributed by atoms with Gasteiger partial charge in [-0.2, -0.15) is 5.10 Å². The van der Waals surface area contributed by atoms with E-state index in [9.17, 15) is 4.79 Å². The molecule has 1 N–H and O–H groups in total. The first kappa shape index (κ1) is 19.9. The van der Waals surface area contributed by atoms with Crippen molar-refractivity contribution in [3.8, 4) is 0 Å². The Morgan fingerprint density at radius 3 is 2.65 bits per heavy atom. The highest BCUT2D eigenvalue weighted by Crippen LogP contribution is 2.39. The summed E-state index contributed by atoms with van der Waals surface area (Å²) in [6, 6.07) is 16.8. The highest BCUT2D eigenvalue weighted by molar-refractivity contribution is 7.98. The minimum atomic E-state index is -0.149. The molecule has 0 fully saturated rings. The number of carbonyl (C=O) groups is 1. The third-order valence-corrected chi connectivity index (χ3v) is 6.78. The van der Waals surface area contributed by atoms with Crippen molar-refractivity contribution >= 4 is 28.6 Å². The van der Waals surface area contributed by atoms with Crippen molar-refractivity contribution in [1.82, 2.24) is 24.6 Å². The second-order valence-electron chi connectivity index (χ2n) is 7.94. The smallest absolute Gasteiger partial charge is 0.245 e. The Hall–Kier alpha value is -3.06. The Kier molecular flexibility index (Phi) is 5.06. The molecule has 0 saturated carbocycles. The highest BCUT2D eigenvalue weighted by Gasteiger charge is 2.34. The van der Waals surface area contributed by atoms with Crippen LogP contribution in [-0.4, -0.2) is 43.4 Å². The van der Waals surface area contributed by atoms with Crippen LogP contribution in [0.2, 0.25) is 0 Å². The predicted octanol–water partition coefficient (Wildman–Crippen LogP) is 4.27. The van der Waals surface area contributed by atoms with E-state index in [-0.39, 0.29) is 18.5 Å². The van der Waals surface area contributed by atoms with Gasteiger partial charge in [0.05, 0.1) is 6.04 Å². The molecule has 0 aliphatic carbocycles. The summed E-state index contributed by atoms with van der Waals surface area (Å²) in [4.78, 5) is 24.6. The van der Waals surface area contributed by atoms with Crippen LogP contribution in [0.5, 0.6) is 0 Å². The molecule has 1 aliphatic rings. The lowest BCUT2D eigenvalue weighted by Gasteiger charge is -2.36. The maximum Gasteiger partial charge on any atom is 0.245 e. The maximum absolute atomic E-state index is 13.5. The van der Waals surface area contributed by atoms with E-state index in [1.54, 1.807) is 16.4 Å². The lowest BCUT2D eigenvalue weighted by Crippen LogP contribution is -2.42. The molecule has 2 aromatic heterocycles. The first-order chi connectivity index (χ1) is 15.0. The molecule has 3 heterocycles. The lowest BCUT2D eigenvalue weighted by atomic mass is 9.92. The Morgan fingerprint density at radius 2 is 1.94 bits per heavy atom. The van der Waals surface area contributed by atoms with Crippen LogP contribution in [0.3, 0.4) is 0 Å². The standard InChI is InChI=1S/C24H25N5OS/c1-15-25-16(2)29(27-15)14-22(30)28-13-12-20-19-6-4-5-7-21(19)26-23(20)24(28)17-8-10-18(31-3)11-9-17/h4-11,24,26H,12-14H2,1-3H3. The molecular formula is C24H25N5OS. The van der Waals surface area contributed by atoms with Gasteiger partial charge in [0.15, 0.2) is 0 Å². The fraction of sp³-hybridized carbons (Fsp3) is 0.292. The number of fused-ring (bicyclic) bond motifs is 3. The first-order valence-electron chi connectivity index (χ1n) is 10.5. The SMILES string of the molecule is CSc1ccc(C2c3[nH]c4ccccc4c3CCN2C(=O)Cn2nc(C)nc2C)cc1. The molecule has 31 heavy (non-hydrogen) atoms. The molecule has 1 atom stereocenters. The van der Waals surface area contributed by atoms with Crippen molar-refractivity contribution in [2.24, 2.45) is 0 Å². The van der Waals surface area contributed by atoms with Crippen molar-refractivity contribution in [2.75, 3.05) is 12.8 Å². The average Bonchev–Trinajstić information content (AvgIpc) is 3.31. The molecule has 0 saturated heterocycles. The number of nitrogens with zero attached hydrogens (tertiary/aromatic N) is 4. The maximum atomic E-state index is 13.5. The number of nitrogens with one attached hydrogen (secondary N) is 1. The van der Waals surface area contributed by atoms with E-state index in [0.717, 1.165) is 29.0 Å². The molecule has 5 rings (SSSR count). The molecule has 1 unspecified atom stereocenters. The third-order valence-electron chi connectivity index (χ3n) is 6.03. The van der Waals surface area contributed by atoms with Crippen molar-refractivity contribution in [3.05, 3.63) is 77.0 Å². The van der Waals surface area contributed by atoms with Crippen LogP contribution in [0.15, 0.2) is 53.4 Å². The zero-order valence-electron chi connectivity index (χ0n) is 17.9. The van der Waals surface area contributed by atoms with Crippen LogP contribution >= 0.6 is 11.8 Å². The van der Waals surface area contributed by atoms with Gasteiger partial charge in [0.2, 0.25) is 5.91 Å². The van der Waals surface area contributed by atoms with E-state index in [1.165, 1.54) is 15.8 Å². The Bertz CT molecular complexity index is 1260. The quantitative estimate of drug-likeness (QED) is 0.490. The third kappa shape index (κ3) is 3.53. The number of hydrogen-bond acceptors (Lipinski definition) is 4. The summed E-state index contributed by atoms with van der Waals surface area (Å²) in [6.45, 7) is 4.61. The lowest BCUT2D eigenvalue weighted by molar-refractivity contribution is -0.134. The second-order valence-corrected chi connectivity index (χ2v) is 8.82. The summed E-state index contributed by atoms with van der Waals surface area (Å²) in [5.41, 5.74) is 4.66. The fourth-order valence-corrected chi connectivity index (χ4v) is 4.98. The van der Waals surface area contributed by atoms with Gasteiger partial charge >= 0.3 is 0 Å². The van der Waals surface area contributed by atoms with E-state index in [4.69, 9.17) is 0 Å². The molecule has 7 heteroatoms. The zero-order chi connectivity index (χ0) is 21.5. The van der Waals surface area contributed by atoms with E-state index in [0.29, 0.717) is 12.4 Å². The molecule has 1 amide bonds. The summed E-state index contributed by atoms with van der Waals surface area (Å²) in [5, 5.41) is 5.64. The summed E-state index contributed by atoms with van der Waals surface area (Å²) >= 11 is 1.72. The van der Waals surface area contributed by atoms with E-state index in [1.807, 2.05) is 24.8 Å². The van der Waals surface area contributed by atoms with Gasteiger partial charge in [0.25, 0.3) is 0 Å². The summed E-state index contributed by atoms with van der Waals surface area (Å²) in [5.74, 6) is 1.50. The van der Waals surface area contributed by atoms with Crippen LogP contribution in [-0.2, 0) is 17.8 Å². The second kappa shape index (κ2) is 7.89. The summed E-state index contributed by atoms with van der Waals surface area (Å²) in [6.07, 6.45) is 2.91. The number of aryl methyl sites for hydroxylation is 2. The number of aromatic nitrogens is 4. The summed E-state index contributed by atoms with van der Waals surface area (Å²) < 4.78 is 1.70. The van der Waals surface area contributed by atoms with Gasteiger partial charge in [-0.1, -0.05) is 30.3 Å². The minimum Gasteiger partial charge on any atom is -0.356 e. The zero-order valence-corrected chi connectivity index (χ0v) is 18.7. The number of hydrogen-bond donors (Lipinski definition) is 1. The molecule has 2 aromatic carbocycles. The van der Waals surface area contributed by atoms with Crippen molar-refractivity contribution in [2.45, 2.75) is 37.8 Å². The van der Waals surface area contributed by atoms with Gasteiger partial charge in [-0.05, 0) is 55.9 Å². The van der Waals surface area contributed by atoms with Gasteiger partial charge in [0, 0.05) is 28.0 Å². The van der Waals surface area contributed by atoms with Gasteiger partial charge in [-0.15, -0.1) is 11.8 Å². The van der Waals surface area contributed by atoms with Gasteiger partial charge in [0.1, 0.15) is 18.2 Å². The van der Waals surface area contributed by atoms with Crippen molar-refractivity contribution in [1.29, 1.82) is 0 Å². The van der Waals surface area contributed by atoms with Crippen LogP contribution in [0.1, 0.15) is 34.5 Å². The molecule has 0 spiro atoms. The largest absolute Gasteiger partial charge is 0.356 e. The number of para-hydroxylation sites is 1. The minimum absolute atomic E-state index is 0.0521. The average molecular weight is 432 g/mol. The number of H-pyrrole nitrogens is 1. The predicted molar refractivity (Wildman–Crippen MR) is 123 cm³/mol. The number of thioether (sulfide) groups is 1. The number of carbonyl (C=O) groups excluding carboxylic acids is 1. The van der Waals surface area contributed by atoms with Crippen LogP contribution in [0, 0.1) is 13.8 Å². The number of aromatic amines is 1. The van der Waals surface area contributed by atoms with E-state index >= 15 is 0 Å². The van der Waals surface area contributed by atoms with Crippen LogP contribution in [0.4, 0.5) is 0 Å². The van der Waals surface area contributed by atoms with E-state index in [2.05, 4.69) is 63.8 Å². The Morgan fingerprint density at radius 1 is 1.16 bits per heavy atom. The molecule has 158 valence electrons. The fourth-order valence-electron chi connectivity index (χ4n) is 4.57. The van der Waals surface area contributed by atoms with E-state index < -0.39 is 0 Å². The van der Waals surface area contributed by atoms with Crippen molar-refractivity contribution < 1.29 is 4.79 Å². The number of amides is 1. The molecule has 1 aliphatic heterocycles. The molecule has 0 bridgehead atoms. The Labute approximate surface area is 185 Å². The Balaban J connectivity index is 1.58. The van der Waals surface area contributed by atoms with Crippen LogP contribution < -0.4 is 0 Å². The molecule has 0 radical (unpaired) electrons. The normalized spacial score (nSPS) is 16.0. The monoisotopic (exact) mass is 431 g/mol. The highest BCUT2D eigenvalue weighted by atomic mass is 32.2. The van der Waals surface area contributed by atoms with Crippen LogP contribution in [0.25, 0.3) is 10.9 Å². The van der Waals surface area contributed by atoms with Gasteiger partial charge in [-0.3, -0.25) is 4.79 Å². The molecule has 4 aromatic rings. The molecular weight excluding hydrogens is 406 g/mol. The summed E-state index contributed by atoms with van der Waals surface area (Å²) in [7, 11) is 0. The first-order valence-corrected chi connectivity index (χ1v) is 11.7. The van der Waals surface area contributed by atoms with Crippen molar-refractivity contribution in [3.63, 3.8) is 0 Å². The topological polar surface area (TPSA) is 66.8 Å². The number of benzene rings is 2. The van der Waals surface area contributed by atoms with Gasteiger partial charge < -0.3 is 9.88 Å². The molecule has 6 nitrogen and oxygen atoms in total. The van der Waals surface area contributed by atoms with Gasteiger partial charge in [-0.25, -0.2) is 9.67 Å².